The molecule has 0 saturated carbocycles. The molecule has 0 radical (unpaired) electrons. The Kier molecular flexibility index (Phi) is 8.89. The third-order valence-corrected chi connectivity index (χ3v) is 7.68. The number of ether oxygens (including phenoxy) is 1. The van der Waals surface area contributed by atoms with Gasteiger partial charge in [0.05, 0.1) is 6.61 Å². The van der Waals surface area contributed by atoms with Gasteiger partial charge >= 0.3 is 29.2 Å². The first-order chi connectivity index (χ1) is 15.1. The molecule has 1 fully saturated rings. The third kappa shape index (κ3) is 7.85. The molecule has 0 aromatic carbocycles. The Morgan fingerprint density at radius 1 is 1.12 bits per heavy atom. The number of aliphatic hydroxyl groups excluding tert-OH is 2. The van der Waals surface area contributed by atoms with Gasteiger partial charge in [-0.15, -0.1) is 0 Å². The summed E-state index contributed by atoms with van der Waals surface area (Å²) in [4.78, 5) is 51.3. The van der Waals surface area contributed by atoms with Crippen molar-refractivity contribution in [2.24, 2.45) is 5.73 Å². The number of hydrogen-bond acceptors (Lipinski definition) is 13. The lowest BCUT2D eigenvalue weighted by molar-refractivity contribution is -0.0541. The first kappa shape index (κ1) is 27.9. The number of phosphoric ester groups is 1. The maximum absolute atomic E-state index is 12.2. The standard InChI is InChI=1S/C12H21N4O14P3/c13-3-1-2-6-4-16(12(19)15-10(6)14)11-9(18)8(17)7(28-11)5-27-32(23,24)30-33(25,26)29-31(20,21)22/h1-2,4,7-9,11,17-18H,3,5,13H2,(H,23,24)(H,25,26)(H2,14,15,19)(H2,20,21,22)/t7-,8-,9-,11-/m1/s1. The van der Waals surface area contributed by atoms with Gasteiger partial charge in [0.15, 0.2) is 6.23 Å². The average molecular weight is 538 g/mol. The molecule has 18 nitrogen and oxygen atoms in total. The monoisotopic (exact) mass is 538 g/mol. The summed E-state index contributed by atoms with van der Waals surface area (Å²) < 4.78 is 51.3. The Bertz CT molecular complexity index is 1090. The lowest BCUT2D eigenvalue weighted by atomic mass is 10.1. The molecular weight excluding hydrogens is 517 g/mol. The van der Waals surface area contributed by atoms with Gasteiger partial charge < -0.3 is 46.0 Å². The van der Waals surface area contributed by atoms with E-state index in [0.717, 1.165) is 10.8 Å². The summed E-state index contributed by atoms with van der Waals surface area (Å²) in [5.74, 6) is -0.154. The van der Waals surface area contributed by atoms with Gasteiger partial charge in [-0.05, 0) is 0 Å². The largest absolute Gasteiger partial charge is 0.490 e. The molecule has 1 aromatic rings. The highest BCUT2D eigenvalue weighted by Gasteiger charge is 2.46. The second-order valence-corrected chi connectivity index (χ2v) is 10.8. The SMILES string of the molecule is NCC=Cc1cn([C@@H]2O[C@H](COP(=O)(O)OP(=O)(O)OP(=O)(O)O)[C@@H](O)[C@H]2O)c(=O)nc1N. The van der Waals surface area contributed by atoms with Crippen molar-refractivity contribution in [3.05, 3.63) is 28.3 Å². The first-order valence-electron chi connectivity index (χ1n) is 8.60. The maximum Gasteiger partial charge on any atom is 0.490 e. The van der Waals surface area contributed by atoms with E-state index in [1.54, 1.807) is 0 Å². The van der Waals surface area contributed by atoms with Crippen LogP contribution in [0.4, 0.5) is 5.82 Å². The predicted molar refractivity (Wildman–Crippen MR) is 107 cm³/mol. The van der Waals surface area contributed by atoms with E-state index in [9.17, 15) is 33.6 Å². The first-order valence-corrected chi connectivity index (χ1v) is 13.1. The number of nitrogen functional groups attached to an aromatic ring is 1. The van der Waals surface area contributed by atoms with E-state index in [4.69, 9.17) is 30.9 Å². The normalized spacial score (nSPS) is 27.5. The number of anilines is 1. The zero-order chi connectivity index (χ0) is 25.2. The van der Waals surface area contributed by atoms with Crippen LogP contribution in [0.25, 0.3) is 6.08 Å². The summed E-state index contributed by atoms with van der Waals surface area (Å²) in [6, 6.07) is 0. The Hall–Kier alpha value is -1.33. The van der Waals surface area contributed by atoms with Gasteiger partial charge in [0, 0.05) is 18.3 Å². The van der Waals surface area contributed by atoms with Crippen LogP contribution in [0.1, 0.15) is 11.8 Å². The molecule has 188 valence electrons. The summed E-state index contributed by atoms with van der Waals surface area (Å²) >= 11 is 0. The van der Waals surface area contributed by atoms with Crippen LogP contribution in [0, 0.1) is 0 Å². The van der Waals surface area contributed by atoms with Gasteiger partial charge in [-0.2, -0.15) is 13.6 Å². The van der Waals surface area contributed by atoms with E-state index in [1.165, 1.54) is 12.2 Å². The number of aromatic nitrogens is 2. The second kappa shape index (κ2) is 10.5. The minimum Gasteiger partial charge on any atom is -0.387 e. The molecule has 6 atom stereocenters. The van der Waals surface area contributed by atoms with Gasteiger partial charge in [-0.25, -0.2) is 18.5 Å². The van der Waals surface area contributed by atoms with Crippen LogP contribution in [-0.4, -0.2) is 70.8 Å². The number of nitrogens with zero attached hydrogens (tertiary/aromatic N) is 2. The number of rotatable bonds is 10. The zero-order valence-electron chi connectivity index (χ0n) is 16.3. The highest BCUT2D eigenvalue weighted by molar-refractivity contribution is 7.66. The van der Waals surface area contributed by atoms with Crippen molar-refractivity contribution in [3.63, 3.8) is 0 Å². The lowest BCUT2D eigenvalue weighted by Crippen LogP contribution is -2.36. The molecule has 0 aliphatic carbocycles. The van der Waals surface area contributed by atoms with E-state index < -0.39 is 60.3 Å². The molecule has 0 spiro atoms. The third-order valence-electron chi connectivity index (χ3n) is 3.87. The van der Waals surface area contributed by atoms with Crippen LogP contribution in [0.2, 0.25) is 0 Å². The van der Waals surface area contributed by atoms with E-state index in [2.05, 4.69) is 18.1 Å². The van der Waals surface area contributed by atoms with Gasteiger partial charge in [-0.3, -0.25) is 9.09 Å². The van der Waals surface area contributed by atoms with Gasteiger partial charge in [0.25, 0.3) is 0 Å². The minimum absolute atomic E-state index is 0.141. The molecule has 10 N–H and O–H groups in total. The summed E-state index contributed by atoms with van der Waals surface area (Å²) in [5, 5.41) is 20.4. The molecule has 0 amide bonds. The topological polar surface area (TPSA) is 296 Å². The van der Waals surface area contributed by atoms with Crippen LogP contribution in [0.5, 0.6) is 0 Å². The summed E-state index contributed by atoms with van der Waals surface area (Å²) in [7, 11) is -16.8. The Balaban J connectivity index is 2.14. The van der Waals surface area contributed by atoms with E-state index in [1.807, 2.05) is 0 Å². The molecule has 0 bridgehead atoms. The molecule has 1 saturated heterocycles. The van der Waals surface area contributed by atoms with Gasteiger partial charge in [0.2, 0.25) is 0 Å². The number of hydrogen-bond donors (Lipinski definition) is 8. The van der Waals surface area contributed by atoms with Crippen molar-refractivity contribution < 1.29 is 61.4 Å². The van der Waals surface area contributed by atoms with Crippen LogP contribution in [0.15, 0.2) is 17.1 Å². The van der Waals surface area contributed by atoms with Crippen molar-refractivity contribution in [3.8, 4) is 0 Å². The highest BCUT2D eigenvalue weighted by Crippen LogP contribution is 2.66. The van der Waals surface area contributed by atoms with Crippen molar-refractivity contribution in [2.45, 2.75) is 24.5 Å². The molecule has 21 heteroatoms. The van der Waals surface area contributed by atoms with Crippen molar-refractivity contribution >= 4 is 35.4 Å². The van der Waals surface area contributed by atoms with Crippen LogP contribution < -0.4 is 17.2 Å². The van der Waals surface area contributed by atoms with Crippen LogP contribution >= 0.6 is 23.5 Å². The number of phosphoric acid groups is 3. The van der Waals surface area contributed by atoms with Gasteiger partial charge in [-0.1, -0.05) is 12.2 Å². The second-order valence-electron chi connectivity index (χ2n) is 6.34. The molecule has 1 aliphatic rings. The molecule has 2 heterocycles. The maximum atomic E-state index is 12.2. The number of nitrogens with two attached hydrogens (primary N) is 2. The van der Waals surface area contributed by atoms with Crippen LogP contribution in [0.3, 0.4) is 0 Å². The zero-order valence-corrected chi connectivity index (χ0v) is 19.0. The molecular formula is C12H21N4O14P3. The molecule has 2 unspecified atom stereocenters. The van der Waals surface area contributed by atoms with Crippen LogP contribution in [-0.2, 0) is 31.6 Å². The number of aliphatic hydroxyl groups is 2. The summed E-state index contributed by atoms with van der Waals surface area (Å²) in [6.45, 7) is -0.905. The Morgan fingerprint density at radius 2 is 1.76 bits per heavy atom. The molecule has 33 heavy (non-hydrogen) atoms. The van der Waals surface area contributed by atoms with E-state index >= 15 is 0 Å². The highest BCUT2D eigenvalue weighted by atomic mass is 31.3. The van der Waals surface area contributed by atoms with E-state index in [-0.39, 0.29) is 17.9 Å². The predicted octanol–water partition coefficient (Wildman–Crippen LogP) is -2.24. The smallest absolute Gasteiger partial charge is 0.387 e. The lowest BCUT2D eigenvalue weighted by Gasteiger charge is -2.19. The van der Waals surface area contributed by atoms with E-state index in [0.29, 0.717) is 0 Å². The van der Waals surface area contributed by atoms with Crippen molar-refractivity contribution in [1.82, 2.24) is 9.55 Å². The fraction of sp³-hybridized carbons (Fsp3) is 0.500. The van der Waals surface area contributed by atoms with Crippen molar-refractivity contribution in [1.29, 1.82) is 0 Å². The fourth-order valence-corrected chi connectivity index (χ4v) is 5.60. The Morgan fingerprint density at radius 3 is 2.33 bits per heavy atom. The molecule has 2 rings (SSSR count). The summed E-state index contributed by atoms with van der Waals surface area (Å²) in [5.41, 5.74) is 10.2. The fourth-order valence-electron chi connectivity index (χ4n) is 2.57. The molecule has 1 aromatic heterocycles. The minimum atomic E-state index is -5.75. The Labute approximate surface area is 184 Å². The quantitative estimate of drug-likeness (QED) is 0.146. The summed E-state index contributed by atoms with van der Waals surface area (Å²) in [6.07, 6.45) is -2.62. The van der Waals surface area contributed by atoms with Gasteiger partial charge in [0.1, 0.15) is 24.1 Å². The van der Waals surface area contributed by atoms with Crippen molar-refractivity contribution in [2.75, 3.05) is 18.9 Å². The molecule has 1 aliphatic heterocycles. The average Bonchev–Trinajstić information content (AvgIpc) is 2.91.